The molecule has 2 aromatic rings. The number of rotatable bonds is 2. The molecule has 4 heteroatoms. The second-order valence-electron chi connectivity index (χ2n) is 5.09. The molecule has 1 aromatic carbocycles. The Bertz CT molecular complexity index is 543. The molecule has 1 heterocycles. The van der Waals surface area contributed by atoms with E-state index in [2.05, 4.69) is 16.9 Å². The SMILES string of the molecule is CN(c1nc2c(N)cccc2o1)C1CCCCC1. The summed E-state index contributed by atoms with van der Waals surface area (Å²) in [5.41, 5.74) is 8.13. The molecule has 1 saturated carbocycles. The number of aromatic nitrogens is 1. The lowest BCUT2D eigenvalue weighted by Crippen LogP contribution is -2.33. The first-order chi connectivity index (χ1) is 8.75. The van der Waals surface area contributed by atoms with Gasteiger partial charge in [-0.1, -0.05) is 25.3 Å². The molecule has 0 atom stereocenters. The van der Waals surface area contributed by atoms with Crippen LogP contribution in [0.3, 0.4) is 0 Å². The van der Waals surface area contributed by atoms with E-state index in [4.69, 9.17) is 10.2 Å². The molecule has 1 aliphatic rings. The summed E-state index contributed by atoms with van der Waals surface area (Å²) in [6.07, 6.45) is 6.41. The third kappa shape index (κ3) is 1.92. The van der Waals surface area contributed by atoms with Gasteiger partial charge in [-0.3, -0.25) is 0 Å². The van der Waals surface area contributed by atoms with Crippen LogP contribution in [0.5, 0.6) is 0 Å². The number of nitrogens with two attached hydrogens (primary N) is 1. The normalized spacial score (nSPS) is 17.2. The minimum atomic E-state index is 0.549. The summed E-state index contributed by atoms with van der Waals surface area (Å²) in [5, 5.41) is 0. The lowest BCUT2D eigenvalue weighted by atomic mass is 9.95. The average molecular weight is 245 g/mol. The molecule has 4 nitrogen and oxygen atoms in total. The molecule has 1 aromatic heterocycles. The van der Waals surface area contributed by atoms with E-state index in [0.29, 0.717) is 17.7 Å². The van der Waals surface area contributed by atoms with Crippen LogP contribution < -0.4 is 10.6 Å². The lowest BCUT2D eigenvalue weighted by molar-refractivity contribution is 0.409. The van der Waals surface area contributed by atoms with E-state index in [9.17, 15) is 0 Å². The number of oxazole rings is 1. The molecular weight excluding hydrogens is 226 g/mol. The van der Waals surface area contributed by atoms with Gasteiger partial charge in [0.2, 0.25) is 0 Å². The molecule has 2 N–H and O–H groups in total. The van der Waals surface area contributed by atoms with Crippen molar-refractivity contribution in [2.45, 2.75) is 38.1 Å². The zero-order valence-corrected chi connectivity index (χ0v) is 10.7. The highest BCUT2D eigenvalue weighted by Gasteiger charge is 2.22. The fourth-order valence-corrected chi connectivity index (χ4v) is 2.73. The van der Waals surface area contributed by atoms with Crippen LogP contribution in [-0.4, -0.2) is 18.1 Å². The van der Waals surface area contributed by atoms with Gasteiger partial charge in [0, 0.05) is 13.1 Å². The molecule has 96 valence electrons. The van der Waals surface area contributed by atoms with Crippen molar-refractivity contribution >= 4 is 22.8 Å². The molecule has 0 aliphatic heterocycles. The number of anilines is 2. The first kappa shape index (κ1) is 11.4. The Morgan fingerprint density at radius 3 is 2.78 bits per heavy atom. The summed E-state index contributed by atoms with van der Waals surface area (Å²) >= 11 is 0. The predicted octanol–water partition coefficient (Wildman–Crippen LogP) is 3.18. The van der Waals surface area contributed by atoms with Crippen LogP contribution in [0.25, 0.3) is 11.1 Å². The second kappa shape index (κ2) is 4.52. The van der Waals surface area contributed by atoms with E-state index in [1.54, 1.807) is 0 Å². The Labute approximate surface area is 107 Å². The monoisotopic (exact) mass is 245 g/mol. The van der Waals surface area contributed by atoms with Gasteiger partial charge in [-0.15, -0.1) is 0 Å². The highest BCUT2D eigenvalue weighted by molar-refractivity contribution is 5.86. The third-order valence-corrected chi connectivity index (χ3v) is 3.86. The van der Waals surface area contributed by atoms with Crippen LogP contribution in [0, 0.1) is 0 Å². The molecule has 0 spiro atoms. The number of para-hydroxylation sites is 1. The Hall–Kier alpha value is -1.71. The maximum Gasteiger partial charge on any atom is 0.298 e. The van der Waals surface area contributed by atoms with Crippen LogP contribution >= 0.6 is 0 Å². The molecule has 1 fully saturated rings. The topological polar surface area (TPSA) is 55.3 Å². The van der Waals surface area contributed by atoms with Crippen LogP contribution in [0.4, 0.5) is 11.7 Å². The van der Waals surface area contributed by atoms with E-state index in [1.807, 2.05) is 18.2 Å². The molecule has 1 aliphatic carbocycles. The van der Waals surface area contributed by atoms with Gasteiger partial charge in [0.15, 0.2) is 5.58 Å². The molecule has 3 rings (SSSR count). The number of benzene rings is 1. The van der Waals surface area contributed by atoms with E-state index in [-0.39, 0.29) is 0 Å². The van der Waals surface area contributed by atoms with Gasteiger partial charge in [-0.2, -0.15) is 4.98 Å². The van der Waals surface area contributed by atoms with Crippen LogP contribution in [0.1, 0.15) is 32.1 Å². The Morgan fingerprint density at radius 1 is 1.28 bits per heavy atom. The summed E-state index contributed by atoms with van der Waals surface area (Å²) in [4.78, 5) is 6.69. The maximum absolute atomic E-state index is 5.91. The summed E-state index contributed by atoms with van der Waals surface area (Å²) in [6, 6.07) is 6.90. The van der Waals surface area contributed by atoms with Crippen LogP contribution in [-0.2, 0) is 0 Å². The number of hydrogen-bond acceptors (Lipinski definition) is 4. The van der Waals surface area contributed by atoms with Crippen molar-refractivity contribution in [1.82, 2.24) is 4.98 Å². The Kier molecular flexibility index (Phi) is 2.86. The molecule has 0 saturated heterocycles. The summed E-state index contributed by atoms with van der Waals surface area (Å²) in [6.45, 7) is 0. The second-order valence-corrected chi connectivity index (χ2v) is 5.09. The van der Waals surface area contributed by atoms with Gasteiger partial charge in [-0.25, -0.2) is 0 Å². The van der Waals surface area contributed by atoms with E-state index in [1.165, 1.54) is 32.1 Å². The van der Waals surface area contributed by atoms with Crippen molar-refractivity contribution < 1.29 is 4.42 Å². The number of hydrogen-bond donors (Lipinski definition) is 1. The standard InChI is InChI=1S/C14H19N3O/c1-17(10-6-3-2-4-7-10)14-16-13-11(15)8-5-9-12(13)18-14/h5,8-10H,2-4,6-7,15H2,1H3. The highest BCUT2D eigenvalue weighted by atomic mass is 16.4. The van der Waals surface area contributed by atoms with Gasteiger partial charge >= 0.3 is 0 Å². The van der Waals surface area contributed by atoms with Crippen LogP contribution in [0.2, 0.25) is 0 Å². The van der Waals surface area contributed by atoms with E-state index < -0.39 is 0 Å². The largest absolute Gasteiger partial charge is 0.423 e. The zero-order valence-electron chi connectivity index (χ0n) is 10.7. The Balaban J connectivity index is 1.91. The van der Waals surface area contributed by atoms with Crippen LogP contribution in [0.15, 0.2) is 22.6 Å². The third-order valence-electron chi connectivity index (χ3n) is 3.86. The van der Waals surface area contributed by atoms with Crippen molar-refractivity contribution in [2.24, 2.45) is 0 Å². The molecule has 0 radical (unpaired) electrons. The first-order valence-corrected chi connectivity index (χ1v) is 6.63. The number of nitrogens with zero attached hydrogens (tertiary/aromatic N) is 2. The van der Waals surface area contributed by atoms with Gasteiger partial charge in [0.05, 0.1) is 5.69 Å². The average Bonchev–Trinajstić information content (AvgIpc) is 2.84. The highest BCUT2D eigenvalue weighted by Crippen LogP contribution is 2.29. The number of fused-ring (bicyclic) bond motifs is 1. The lowest BCUT2D eigenvalue weighted by Gasteiger charge is -2.29. The first-order valence-electron chi connectivity index (χ1n) is 6.63. The molecule has 18 heavy (non-hydrogen) atoms. The van der Waals surface area contributed by atoms with E-state index >= 15 is 0 Å². The van der Waals surface area contributed by atoms with E-state index in [0.717, 1.165) is 11.1 Å². The quantitative estimate of drug-likeness (QED) is 0.826. The predicted molar refractivity (Wildman–Crippen MR) is 73.7 cm³/mol. The minimum Gasteiger partial charge on any atom is -0.423 e. The van der Waals surface area contributed by atoms with Crippen molar-refractivity contribution in [1.29, 1.82) is 0 Å². The molecule has 0 amide bonds. The summed E-state index contributed by atoms with van der Waals surface area (Å²) < 4.78 is 5.80. The molecular formula is C14H19N3O. The summed E-state index contributed by atoms with van der Waals surface area (Å²) in [7, 11) is 2.07. The van der Waals surface area contributed by atoms with Gasteiger partial charge in [-0.05, 0) is 25.0 Å². The molecule has 0 unspecified atom stereocenters. The van der Waals surface area contributed by atoms with Gasteiger partial charge < -0.3 is 15.1 Å². The van der Waals surface area contributed by atoms with Crippen molar-refractivity contribution in [3.8, 4) is 0 Å². The van der Waals surface area contributed by atoms with Gasteiger partial charge in [0.1, 0.15) is 5.52 Å². The smallest absolute Gasteiger partial charge is 0.298 e. The Morgan fingerprint density at radius 2 is 2.06 bits per heavy atom. The fourth-order valence-electron chi connectivity index (χ4n) is 2.73. The summed E-state index contributed by atoms with van der Waals surface area (Å²) in [5.74, 6) is 0. The van der Waals surface area contributed by atoms with Crippen molar-refractivity contribution in [3.05, 3.63) is 18.2 Å². The van der Waals surface area contributed by atoms with Gasteiger partial charge in [0.25, 0.3) is 6.01 Å². The fraction of sp³-hybridized carbons (Fsp3) is 0.500. The van der Waals surface area contributed by atoms with Crippen molar-refractivity contribution in [3.63, 3.8) is 0 Å². The van der Waals surface area contributed by atoms with Crippen molar-refractivity contribution in [2.75, 3.05) is 17.7 Å². The number of nitrogen functional groups attached to an aromatic ring is 1. The minimum absolute atomic E-state index is 0.549. The zero-order chi connectivity index (χ0) is 12.5. The molecule has 0 bridgehead atoms. The maximum atomic E-state index is 5.91.